The van der Waals surface area contributed by atoms with Crippen molar-refractivity contribution in [3.63, 3.8) is 0 Å². The van der Waals surface area contributed by atoms with Gasteiger partial charge in [0, 0.05) is 11.9 Å². The molecular weight excluding hydrogens is 284 g/mol. The summed E-state index contributed by atoms with van der Waals surface area (Å²) in [6, 6.07) is 10.4. The van der Waals surface area contributed by atoms with E-state index in [0.717, 1.165) is 21.1 Å². The van der Waals surface area contributed by atoms with Gasteiger partial charge in [-0.1, -0.05) is 30.3 Å². The molecule has 1 aromatic carbocycles. The number of rotatable bonds is 3. The van der Waals surface area contributed by atoms with Gasteiger partial charge in [0.2, 0.25) is 0 Å². The zero-order valence-electron chi connectivity index (χ0n) is 8.85. The number of aryl methyl sites for hydroxylation is 1. The smallest absolute Gasteiger partial charge is 0.126 e. The Labute approximate surface area is 108 Å². The lowest BCUT2D eigenvalue weighted by molar-refractivity contribution is 0.951. The van der Waals surface area contributed by atoms with Crippen LogP contribution in [0.2, 0.25) is 0 Å². The average molecular weight is 295 g/mol. The summed E-state index contributed by atoms with van der Waals surface area (Å²) in [5.41, 5.74) is 1.30. The lowest BCUT2D eigenvalue weighted by Crippen LogP contribution is -1.91. The van der Waals surface area contributed by atoms with Gasteiger partial charge in [0.25, 0.3) is 0 Å². The maximum absolute atomic E-state index is 4.39. The fraction of sp³-hybridized carbons (Fsp3) is 0.167. The summed E-state index contributed by atoms with van der Waals surface area (Å²) in [7, 11) is 0. The van der Waals surface area contributed by atoms with Crippen molar-refractivity contribution in [3.05, 3.63) is 52.4 Å². The summed E-state index contributed by atoms with van der Waals surface area (Å²) < 4.78 is 0.957. The highest BCUT2D eigenvalue weighted by Gasteiger charge is 2.03. The van der Waals surface area contributed by atoms with Crippen molar-refractivity contribution in [3.8, 4) is 0 Å². The summed E-state index contributed by atoms with van der Waals surface area (Å²) in [4.78, 5) is 8.52. The van der Waals surface area contributed by atoms with Crippen LogP contribution < -0.4 is 0 Å². The highest BCUT2D eigenvalue weighted by Crippen LogP contribution is 2.27. The zero-order valence-corrected chi connectivity index (χ0v) is 11.3. The molecule has 0 aliphatic heterocycles. The molecule has 2 rings (SSSR count). The van der Waals surface area contributed by atoms with Gasteiger partial charge in [0.1, 0.15) is 10.9 Å². The second-order valence-corrected chi connectivity index (χ2v) is 5.16. The van der Waals surface area contributed by atoms with Gasteiger partial charge in [-0.3, -0.25) is 0 Å². The van der Waals surface area contributed by atoms with Crippen LogP contribution in [0, 0.1) is 6.92 Å². The van der Waals surface area contributed by atoms with Crippen LogP contribution in [-0.4, -0.2) is 9.97 Å². The Morgan fingerprint density at radius 1 is 1.25 bits per heavy atom. The molecule has 0 N–H and O–H groups in total. The van der Waals surface area contributed by atoms with Gasteiger partial charge in [0.05, 0.1) is 4.47 Å². The molecule has 1 heterocycles. The Bertz CT molecular complexity index is 474. The Kier molecular flexibility index (Phi) is 3.96. The van der Waals surface area contributed by atoms with Gasteiger partial charge in [0.15, 0.2) is 0 Å². The molecule has 82 valence electrons. The van der Waals surface area contributed by atoms with Gasteiger partial charge in [-0.2, -0.15) is 0 Å². The molecule has 0 spiro atoms. The molecule has 0 saturated heterocycles. The second kappa shape index (κ2) is 5.46. The molecule has 0 atom stereocenters. The summed E-state index contributed by atoms with van der Waals surface area (Å²) >= 11 is 5.17. The van der Waals surface area contributed by atoms with E-state index in [9.17, 15) is 0 Å². The molecule has 2 nitrogen and oxygen atoms in total. The normalized spacial score (nSPS) is 10.4. The van der Waals surface area contributed by atoms with Crippen molar-refractivity contribution >= 4 is 27.7 Å². The van der Waals surface area contributed by atoms with Crippen LogP contribution in [0.1, 0.15) is 11.4 Å². The molecule has 0 fully saturated rings. The highest BCUT2D eigenvalue weighted by atomic mass is 79.9. The number of halogens is 1. The van der Waals surface area contributed by atoms with Gasteiger partial charge in [-0.25, -0.2) is 9.97 Å². The molecule has 0 amide bonds. The fourth-order valence-corrected chi connectivity index (χ4v) is 2.68. The first-order valence-electron chi connectivity index (χ1n) is 4.91. The monoisotopic (exact) mass is 294 g/mol. The SMILES string of the molecule is Cc1ncc(Br)c(SCc2ccccc2)n1. The predicted octanol–water partition coefficient (Wildman–Crippen LogP) is 3.84. The van der Waals surface area contributed by atoms with E-state index in [1.54, 1.807) is 18.0 Å². The summed E-state index contributed by atoms with van der Waals surface area (Å²) in [5.74, 6) is 1.73. The van der Waals surface area contributed by atoms with E-state index in [0.29, 0.717) is 0 Å². The lowest BCUT2D eigenvalue weighted by Gasteiger charge is -2.03. The average Bonchev–Trinajstić information content (AvgIpc) is 2.32. The van der Waals surface area contributed by atoms with Gasteiger partial charge < -0.3 is 0 Å². The number of benzene rings is 1. The molecule has 0 aliphatic carbocycles. The van der Waals surface area contributed by atoms with E-state index in [1.807, 2.05) is 13.0 Å². The van der Waals surface area contributed by atoms with Crippen molar-refractivity contribution in [1.82, 2.24) is 9.97 Å². The molecule has 2 aromatic rings. The number of thioether (sulfide) groups is 1. The number of hydrogen-bond acceptors (Lipinski definition) is 3. The predicted molar refractivity (Wildman–Crippen MR) is 70.5 cm³/mol. The van der Waals surface area contributed by atoms with Gasteiger partial charge >= 0.3 is 0 Å². The molecule has 1 aromatic heterocycles. The van der Waals surface area contributed by atoms with Crippen LogP contribution in [0.25, 0.3) is 0 Å². The Hall–Kier alpha value is -0.870. The fourth-order valence-electron chi connectivity index (χ4n) is 1.26. The van der Waals surface area contributed by atoms with Gasteiger partial charge in [-0.15, -0.1) is 11.8 Å². The van der Waals surface area contributed by atoms with Crippen LogP contribution in [-0.2, 0) is 5.75 Å². The van der Waals surface area contributed by atoms with Crippen LogP contribution in [0.3, 0.4) is 0 Å². The Morgan fingerprint density at radius 3 is 2.75 bits per heavy atom. The van der Waals surface area contributed by atoms with Gasteiger partial charge in [-0.05, 0) is 28.4 Å². The maximum Gasteiger partial charge on any atom is 0.126 e. The minimum Gasteiger partial charge on any atom is -0.240 e. The maximum atomic E-state index is 4.39. The van der Waals surface area contributed by atoms with Crippen LogP contribution in [0.4, 0.5) is 0 Å². The third kappa shape index (κ3) is 3.06. The third-order valence-electron chi connectivity index (χ3n) is 2.05. The van der Waals surface area contributed by atoms with E-state index in [1.165, 1.54) is 5.56 Å². The van der Waals surface area contributed by atoms with Crippen LogP contribution in [0.5, 0.6) is 0 Å². The van der Waals surface area contributed by atoms with E-state index in [4.69, 9.17) is 0 Å². The quantitative estimate of drug-likeness (QED) is 0.635. The summed E-state index contributed by atoms with van der Waals surface area (Å²) in [6.45, 7) is 1.90. The highest BCUT2D eigenvalue weighted by molar-refractivity contribution is 9.10. The first-order valence-corrected chi connectivity index (χ1v) is 6.69. The molecule has 4 heteroatoms. The van der Waals surface area contributed by atoms with E-state index in [-0.39, 0.29) is 0 Å². The summed E-state index contributed by atoms with van der Waals surface area (Å²) in [6.07, 6.45) is 1.80. The van der Waals surface area contributed by atoms with Crippen molar-refractivity contribution in [2.75, 3.05) is 0 Å². The number of hydrogen-bond donors (Lipinski definition) is 0. The van der Waals surface area contributed by atoms with Crippen LogP contribution in [0.15, 0.2) is 46.0 Å². The van der Waals surface area contributed by atoms with Crippen molar-refractivity contribution in [1.29, 1.82) is 0 Å². The van der Waals surface area contributed by atoms with Crippen molar-refractivity contribution in [2.45, 2.75) is 17.7 Å². The van der Waals surface area contributed by atoms with Crippen molar-refractivity contribution < 1.29 is 0 Å². The Morgan fingerprint density at radius 2 is 2.00 bits per heavy atom. The molecule has 0 bridgehead atoms. The molecular formula is C12H11BrN2S. The van der Waals surface area contributed by atoms with Crippen LogP contribution >= 0.6 is 27.7 Å². The minimum absolute atomic E-state index is 0.804. The molecule has 0 unspecified atom stereocenters. The largest absolute Gasteiger partial charge is 0.240 e. The van der Waals surface area contributed by atoms with E-state index in [2.05, 4.69) is 50.2 Å². The lowest BCUT2D eigenvalue weighted by atomic mass is 10.2. The second-order valence-electron chi connectivity index (χ2n) is 3.34. The van der Waals surface area contributed by atoms with E-state index < -0.39 is 0 Å². The molecule has 0 radical (unpaired) electrons. The first kappa shape index (κ1) is 11.6. The molecule has 0 saturated carbocycles. The topological polar surface area (TPSA) is 25.8 Å². The number of nitrogens with zero attached hydrogens (tertiary/aromatic N) is 2. The van der Waals surface area contributed by atoms with E-state index >= 15 is 0 Å². The molecule has 0 aliphatic rings. The standard InChI is InChI=1S/C12H11BrN2S/c1-9-14-7-11(13)12(15-9)16-8-10-5-3-2-4-6-10/h2-7H,8H2,1H3. The van der Waals surface area contributed by atoms with Crippen molar-refractivity contribution in [2.24, 2.45) is 0 Å². The minimum atomic E-state index is 0.804. The Balaban J connectivity index is 2.08. The third-order valence-corrected chi connectivity index (χ3v) is 3.96. The summed E-state index contributed by atoms with van der Waals surface area (Å²) in [5, 5.41) is 0.997. The molecule has 16 heavy (non-hydrogen) atoms. The zero-order chi connectivity index (χ0) is 11.4. The number of aromatic nitrogens is 2. The first-order chi connectivity index (χ1) is 7.75.